The molecule has 0 aliphatic carbocycles. The fourth-order valence-corrected chi connectivity index (χ4v) is 4.38. The number of methoxy groups -OCH3 is 1. The molecule has 0 fully saturated rings. The Labute approximate surface area is 205 Å². The van der Waals surface area contributed by atoms with E-state index < -0.39 is 5.97 Å². The molecule has 0 unspecified atom stereocenters. The Morgan fingerprint density at radius 3 is 2.54 bits per heavy atom. The van der Waals surface area contributed by atoms with E-state index in [1.54, 1.807) is 28.8 Å². The number of nitrogens with one attached hydrogen (secondary N) is 1. The summed E-state index contributed by atoms with van der Waals surface area (Å²) in [7, 11) is 1.32. The average Bonchev–Trinajstić information content (AvgIpc) is 3.48. The first-order valence-corrected chi connectivity index (χ1v) is 11.8. The number of amides is 1. The normalized spacial score (nSPS) is 11.2. The van der Waals surface area contributed by atoms with Crippen molar-refractivity contribution in [3.05, 3.63) is 77.6 Å². The number of hydrogen-bond acceptors (Lipinski definition) is 7. The fraction of sp³-hybridized carbons (Fsp3) is 0.160. The monoisotopic (exact) mass is 486 g/mol. The van der Waals surface area contributed by atoms with Crippen molar-refractivity contribution in [1.82, 2.24) is 24.2 Å². The fourth-order valence-electron chi connectivity index (χ4n) is 3.67. The Kier molecular flexibility index (Phi) is 5.96. The van der Waals surface area contributed by atoms with E-state index in [1.165, 1.54) is 30.0 Å². The summed E-state index contributed by atoms with van der Waals surface area (Å²) < 4.78 is 8.32. The van der Waals surface area contributed by atoms with Crippen molar-refractivity contribution in [3.8, 4) is 11.3 Å². The van der Waals surface area contributed by atoms with Crippen LogP contribution in [0.2, 0.25) is 0 Å². The van der Waals surface area contributed by atoms with Crippen molar-refractivity contribution >= 4 is 40.5 Å². The molecule has 3 aromatic heterocycles. The maximum Gasteiger partial charge on any atom is 0.337 e. The second kappa shape index (κ2) is 9.22. The molecule has 0 bridgehead atoms. The van der Waals surface area contributed by atoms with Crippen molar-refractivity contribution in [1.29, 1.82) is 0 Å². The lowest BCUT2D eigenvalue weighted by Crippen LogP contribution is -2.14. The van der Waals surface area contributed by atoms with Crippen molar-refractivity contribution in [2.24, 2.45) is 0 Å². The lowest BCUT2D eigenvalue weighted by Gasteiger charge is -2.06. The zero-order valence-corrected chi connectivity index (χ0v) is 20.2. The SMILES string of the molecule is COC(=O)c1ccc(NC(=O)CSc2nnc3c4cc(-c5ccc(C)c(C)c5)nn4ccn23)cc1. The van der Waals surface area contributed by atoms with Gasteiger partial charge in [0.25, 0.3) is 0 Å². The maximum absolute atomic E-state index is 12.4. The number of carbonyl (C=O) groups excluding carboxylic acids is 2. The molecule has 0 spiro atoms. The Bertz CT molecular complexity index is 1570. The third-order valence-electron chi connectivity index (χ3n) is 5.71. The third-order valence-corrected chi connectivity index (χ3v) is 6.65. The minimum absolute atomic E-state index is 0.151. The molecule has 35 heavy (non-hydrogen) atoms. The van der Waals surface area contributed by atoms with Crippen LogP contribution in [0.5, 0.6) is 0 Å². The van der Waals surface area contributed by atoms with Gasteiger partial charge in [-0.3, -0.25) is 9.20 Å². The van der Waals surface area contributed by atoms with Crippen LogP contribution in [0.1, 0.15) is 21.5 Å². The number of benzene rings is 2. The highest BCUT2D eigenvalue weighted by molar-refractivity contribution is 7.99. The molecule has 0 radical (unpaired) electrons. The number of esters is 1. The van der Waals surface area contributed by atoms with E-state index in [2.05, 4.69) is 52.3 Å². The third kappa shape index (κ3) is 4.47. The summed E-state index contributed by atoms with van der Waals surface area (Å²) >= 11 is 1.28. The highest BCUT2D eigenvalue weighted by Gasteiger charge is 2.15. The van der Waals surface area contributed by atoms with Crippen LogP contribution in [0.25, 0.3) is 22.4 Å². The van der Waals surface area contributed by atoms with Gasteiger partial charge in [-0.15, -0.1) is 10.2 Å². The maximum atomic E-state index is 12.4. The van der Waals surface area contributed by atoms with Gasteiger partial charge >= 0.3 is 5.97 Å². The molecule has 0 aliphatic rings. The van der Waals surface area contributed by atoms with Gasteiger partial charge in [-0.1, -0.05) is 23.9 Å². The van der Waals surface area contributed by atoms with Crippen LogP contribution in [0.3, 0.4) is 0 Å². The minimum atomic E-state index is -0.425. The molecular formula is C25H22N6O3S. The zero-order chi connectivity index (χ0) is 24.5. The smallest absolute Gasteiger partial charge is 0.337 e. The molecule has 1 amide bonds. The van der Waals surface area contributed by atoms with Crippen molar-refractivity contribution in [3.63, 3.8) is 0 Å². The quantitative estimate of drug-likeness (QED) is 0.284. The summed E-state index contributed by atoms with van der Waals surface area (Å²) in [6, 6.07) is 14.8. The molecular weight excluding hydrogens is 464 g/mol. The largest absolute Gasteiger partial charge is 0.465 e. The highest BCUT2D eigenvalue weighted by Crippen LogP contribution is 2.25. The summed E-state index contributed by atoms with van der Waals surface area (Å²) in [4.78, 5) is 24.0. The van der Waals surface area contributed by atoms with E-state index in [4.69, 9.17) is 5.10 Å². The van der Waals surface area contributed by atoms with Crippen LogP contribution in [-0.4, -0.2) is 49.0 Å². The van der Waals surface area contributed by atoms with Crippen molar-refractivity contribution < 1.29 is 14.3 Å². The van der Waals surface area contributed by atoms with Crippen LogP contribution >= 0.6 is 11.8 Å². The number of ether oxygens (including phenoxy) is 1. The van der Waals surface area contributed by atoms with E-state index in [0.717, 1.165) is 16.8 Å². The molecule has 0 saturated heterocycles. The molecule has 0 atom stereocenters. The summed E-state index contributed by atoms with van der Waals surface area (Å²) in [6.45, 7) is 4.17. The number of anilines is 1. The van der Waals surface area contributed by atoms with Gasteiger partial charge in [0.1, 0.15) is 5.52 Å². The molecule has 176 valence electrons. The van der Waals surface area contributed by atoms with Gasteiger partial charge in [0, 0.05) is 23.6 Å². The van der Waals surface area contributed by atoms with Gasteiger partial charge in [-0.25, -0.2) is 9.31 Å². The first-order chi connectivity index (χ1) is 16.9. The second-order valence-electron chi connectivity index (χ2n) is 8.04. The molecule has 5 aromatic rings. The van der Waals surface area contributed by atoms with Gasteiger partial charge in [-0.2, -0.15) is 5.10 Å². The van der Waals surface area contributed by atoms with E-state index >= 15 is 0 Å². The summed E-state index contributed by atoms with van der Waals surface area (Å²) in [5, 5.41) is 16.7. The lowest BCUT2D eigenvalue weighted by molar-refractivity contribution is -0.113. The average molecular weight is 487 g/mol. The molecule has 2 aromatic carbocycles. The first kappa shape index (κ1) is 22.6. The Morgan fingerprint density at radius 1 is 1.00 bits per heavy atom. The number of carbonyl (C=O) groups is 2. The summed E-state index contributed by atoms with van der Waals surface area (Å²) in [5.41, 5.74) is 6.85. The molecule has 9 nitrogen and oxygen atoms in total. The topological polar surface area (TPSA) is 103 Å². The summed E-state index contributed by atoms with van der Waals surface area (Å²) in [6.07, 6.45) is 3.69. The van der Waals surface area contributed by atoms with E-state index in [-0.39, 0.29) is 11.7 Å². The predicted molar refractivity (Wildman–Crippen MR) is 134 cm³/mol. The molecule has 1 N–H and O–H groups in total. The Morgan fingerprint density at radius 2 is 1.80 bits per heavy atom. The van der Waals surface area contributed by atoms with Gasteiger partial charge in [0.15, 0.2) is 10.8 Å². The minimum Gasteiger partial charge on any atom is -0.465 e. The lowest BCUT2D eigenvalue weighted by atomic mass is 10.0. The Hall–Kier alpha value is -4.18. The highest BCUT2D eigenvalue weighted by atomic mass is 32.2. The number of nitrogens with zero attached hydrogens (tertiary/aromatic N) is 5. The summed E-state index contributed by atoms with van der Waals surface area (Å²) in [5.74, 6) is -0.469. The van der Waals surface area contributed by atoms with Crippen molar-refractivity contribution in [2.75, 3.05) is 18.2 Å². The van der Waals surface area contributed by atoms with Gasteiger partial charge in [0.2, 0.25) is 5.91 Å². The van der Waals surface area contributed by atoms with Crippen LogP contribution in [0.15, 0.2) is 66.1 Å². The Balaban J connectivity index is 1.31. The second-order valence-corrected chi connectivity index (χ2v) is 8.98. The number of rotatable bonds is 6. The molecule has 5 rings (SSSR count). The van der Waals surface area contributed by atoms with E-state index in [9.17, 15) is 9.59 Å². The van der Waals surface area contributed by atoms with Crippen LogP contribution in [0.4, 0.5) is 5.69 Å². The zero-order valence-electron chi connectivity index (χ0n) is 19.3. The van der Waals surface area contributed by atoms with Crippen LogP contribution in [0, 0.1) is 13.8 Å². The predicted octanol–water partition coefficient (Wildman–Crippen LogP) is 4.18. The molecule has 0 aliphatic heterocycles. The van der Waals surface area contributed by atoms with Gasteiger partial charge < -0.3 is 10.1 Å². The molecule has 10 heteroatoms. The van der Waals surface area contributed by atoms with E-state index in [1.807, 2.05) is 22.9 Å². The number of aromatic nitrogens is 5. The number of thioether (sulfide) groups is 1. The standard InChI is InChI=1S/C25H22N6O3S/c1-15-4-5-18(12-16(15)2)20-13-21-23-27-28-25(30(23)10-11-31(21)29-20)35-14-22(32)26-19-8-6-17(7-9-19)24(33)34-3/h4-13H,14H2,1-3H3,(H,26,32). The number of aryl methyl sites for hydroxylation is 2. The molecule has 0 saturated carbocycles. The number of hydrogen-bond donors (Lipinski definition) is 1. The van der Waals surface area contributed by atoms with E-state index in [0.29, 0.717) is 22.1 Å². The van der Waals surface area contributed by atoms with Crippen LogP contribution in [-0.2, 0) is 9.53 Å². The van der Waals surface area contributed by atoms with Gasteiger partial charge in [0.05, 0.1) is 24.1 Å². The molecule has 3 heterocycles. The van der Waals surface area contributed by atoms with Crippen LogP contribution < -0.4 is 5.32 Å². The van der Waals surface area contributed by atoms with Gasteiger partial charge in [-0.05, 0) is 61.4 Å². The number of fused-ring (bicyclic) bond motifs is 3. The van der Waals surface area contributed by atoms with Crippen molar-refractivity contribution in [2.45, 2.75) is 19.0 Å². The first-order valence-electron chi connectivity index (χ1n) is 10.8.